The summed E-state index contributed by atoms with van der Waals surface area (Å²) in [6.45, 7) is 6.07. The van der Waals surface area contributed by atoms with Crippen molar-refractivity contribution in [2.24, 2.45) is 4.99 Å². The third-order valence-electron chi connectivity index (χ3n) is 4.01. The summed E-state index contributed by atoms with van der Waals surface area (Å²) in [5.41, 5.74) is 1.04. The predicted molar refractivity (Wildman–Crippen MR) is 97.8 cm³/mol. The normalized spacial score (nSPS) is 17.5. The van der Waals surface area contributed by atoms with Gasteiger partial charge in [0.15, 0.2) is 5.96 Å². The molecule has 1 fully saturated rings. The molecule has 0 amide bonds. The van der Waals surface area contributed by atoms with Crippen molar-refractivity contribution < 1.29 is 9.47 Å². The monoisotopic (exact) mass is 354 g/mol. The lowest BCUT2D eigenvalue weighted by Gasteiger charge is -2.27. The summed E-state index contributed by atoms with van der Waals surface area (Å²) in [4.78, 5) is 6.64. The van der Waals surface area contributed by atoms with Crippen LogP contribution in [0.5, 0.6) is 0 Å². The van der Waals surface area contributed by atoms with E-state index in [0.29, 0.717) is 11.6 Å². The number of hydrogen-bond donors (Lipinski definition) is 2. The minimum absolute atomic E-state index is 0.0820. The van der Waals surface area contributed by atoms with Gasteiger partial charge < -0.3 is 20.1 Å². The van der Waals surface area contributed by atoms with Gasteiger partial charge in [-0.2, -0.15) is 0 Å². The van der Waals surface area contributed by atoms with Gasteiger partial charge in [0.1, 0.15) is 0 Å². The molecule has 0 bridgehead atoms. The molecule has 0 aliphatic carbocycles. The van der Waals surface area contributed by atoms with Gasteiger partial charge in [-0.05, 0) is 17.7 Å². The maximum absolute atomic E-state index is 6.05. The van der Waals surface area contributed by atoms with Gasteiger partial charge in [0.25, 0.3) is 0 Å². The van der Waals surface area contributed by atoms with E-state index in [1.165, 1.54) is 0 Å². The number of halogens is 1. The molecule has 1 aromatic carbocycles. The molecule has 6 nitrogen and oxygen atoms in total. The first kappa shape index (κ1) is 19.0. The Labute approximate surface area is 149 Å². The van der Waals surface area contributed by atoms with Crippen molar-refractivity contribution in [2.75, 3.05) is 60.1 Å². The third-order valence-corrected chi connectivity index (χ3v) is 4.24. The van der Waals surface area contributed by atoms with Gasteiger partial charge in [0.2, 0.25) is 0 Å². The Kier molecular flexibility index (Phi) is 8.32. The number of rotatable bonds is 7. The molecule has 1 aliphatic heterocycles. The highest BCUT2D eigenvalue weighted by atomic mass is 35.5. The Morgan fingerprint density at radius 2 is 2.17 bits per heavy atom. The van der Waals surface area contributed by atoms with Crippen molar-refractivity contribution in [1.82, 2.24) is 15.5 Å². The van der Waals surface area contributed by atoms with Crippen LogP contribution in [0.15, 0.2) is 29.3 Å². The van der Waals surface area contributed by atoms with Crippen molar-refractivity contribution in [3.63, 3.8) is 0 Å². The summed E-state index contributed by atoms with van der Waals surface area (Å²) in [6.07, 6.45) is -0.0820. The molecular formula is C17H27ClN4O2. The fourth-order valence-corrected chi connectivity index (χ4v) is 2.81. The fraction of sp³-hybridized carbons (Fsp3) is 0.588. The van der Waals surface area contributed by atoms with Crippen molar-refractivity contribution in [3.05, 3.63) is 34.9 Å². The first-order valence-corrected chi connectivity index (χ1v) is 8.63. The first-order chi connectivity index (χ1) is 11.7. The third kappa shape index (κ3) is 6.28. The molecule has 2 rings (SSSR count). The number of ether oxygens (including phenoxy) is 2. The number of benzene rings is 1. The van der Waals surface area contributed by atoms with Crippen LogP contribution in [0.1, 0.15) is 11.7 Å². The Morgan fingerprint density at radius 1 is 1.38 bits per heavy atom. The van der Waals surface area contributed by atoms with E-state index in [2.05, 4.69) is 20.5 Å². The van der Waals surface area contributed by atoms with E-state index in [4.69, 9.17) is 21.1 Å². The van der Waals surface area contributed by atoms with E-state index < -0.39 is 0 Å². The van der Waals surface area contributed by atoms with Gasteiger partial charge in [0, 0.05) is 51.9 Å². The van der Waals surface area contributed by atoms with Gasteiger partial charge >= 0.3 is 0 Å². The standard InChI is InChI=1S/C17H27ClN4O2/c1-19-17(20-6-7-22-8-10-24-11-9-22)21-13-16(23-2)14-4-3-5-15(18)12-14/h3-5,12,16H,6-11,13H2,1-2H3,(H2,19,20,21). The van der Waals surface area contributed by atoms with E-state index in [-0.39, 0.29) is 6.10 Å². The average Bonchev–Trinajstić information content (AvgIpc) is 2.61. The van der Waals surface area contributed by atoms with E-state index >= 15 is 0 Å². The van der Waals surface area contributed by atoms with Crippen LogP contribution in [-0.2, 0) is 9.47 Å². The second-order valence-electron chi connectivity index (χ2n) is 5.61. The topological polar surface area (TPSA) is 58.1 Å². The van der Waals surface area contributed by atoms with E-state index in [0.717, 1.165) is 50.9 Å². The molecule has 1 unspecified atom stereocenters. The lowest BCUT2D eigenvalue weighted by Crippen LogP contribution is -2.45. The second-order valence-corrected chi connectivity index (χ2v) is 6.05. The molecular weight excluding hydrogens is 328 g/mol. The average molecular weight is 355 g/mol. The predicted octanol–water partition coefficient (Wildman–Crippen LogP) is 1.52. The van der Waals surface area contributed by atoms with E-state index in [1.807, 2.05) is 24.3 Å². The highest BCUT2D eigenvalue weighted by Gasteiger charge is 2.12. The molecule has 2 N–H and O–H groups in total. The number of guanidine groups is 1. The molecule has 134 valence electrons. The summed E-state index contributed by atoms with van der Waals surface area (Å²) < 4.78 is 10.9. The molecule has 0 spiro atoms. The Balaban J connectivity index is 1.75. The number of aliphatic imine (C=N–C) groups is 1. The zero-order valence-corrected chi connectivity index (χ0v) is 15.2. The highest BCUT2D eigenvalue weighted by Crippen LogP contribution is 2.19. The van der Waals surface area contributed by atoms with Crippen LogP contribution in [-0.4, -0.2) is 71.0 Å². The SMILES string of the molecule is CN=C(NCCN1CCOCC1)NCC(OC)c1cccc(Cl)c1. The van der Waals surface area contributed by atoms with Crippen molar-refractivity contribution in [2.45, 2.75) is 6.10 Å². The van der Waals surface area contributed by atoms with Gasteiger partial charge in [-0.15, -0.1) is 0 Å². The van der Waals surface area contributed by atoms with Crippen LogP contribution < -0.4 is 10.6 Å². The summed E-state index contributed by atoms with van der Waals surface area (Å²) >= 11 is 6.05. The molecule has 1 atom stereocenters. The minimum Gasteiger partial charge on any atom is -0.379 e. The van der Waals surface area contributed by atoms with Crippen LogP contribution in [0.25, 0.3) is 0 Å². The van der Waals surface area contributed by atoms with Crippen LogP contribution >= 0.6 is 11.6 Å². The summed E-state index contributed by atoms with van der Waals surface area (Å²) in [6, 6.07) is 7.72. The van der Waals surface area contributed by atoms with Gasteiger partial charge in [-0.3, -0.25) is 9.89 Å². The van der Waals surface area contributed by atoms with Crippen molar-refractivity contribution in [1.29, 1.82) is 0 Å². The minimum atomic E-state index is -0.0820. The van der Waals surface area contributed by atoms with Crippen molar-refractivity contribution >= 4 is 17.6 Å². The Morgan fingerprint density at radius 3 is 2.83 bits per heavy atom. The quantitative estimate of drug-likeness (QED) is 0.574. The molecule has 24 heavy (non-hydrogen) atoms. The van der Waals surface area contributed by atoms with E-state index in [1.54, 1.807) is 14.2 Å². The lowest BCUT2D eigenvalue weighted by atomic mass is 10.1. The Hall–Kier alpha value is -1.34. The van der Waals surface area contributed by atoms with Crippen LogP contribution in [0.4, 0.5) is 0 Å². The maximum atomic E-state index is 6.05. The molecule has 0 saturated carbocycles. The number of nitrogens with one attached hydrogen (secondary N) is 2. The smallest absolute Gasteiger partial charge is 0.191 e. The lowest BCUT2D eigenvalue weighted by molar-refractivity contribution is 0.0389. The largest absolute Gasteiger partial charge is 0.379 e. The highest BCUT2D eigenvalue weighted by molar-refractivity contribution is 6.30. The van der Waals surface area contributed by atoms with Crippen LogP contribution in [0, 0.1) is 0 Å². The molecule has 0 aromatic heterocycles. The fourth-order valence-electron chi connectivity index (χ4n) is 2.61. The Bertz CT molecular complexity index is 521. The van der Waals surface area contributed by atoms with Gasteiger partial charge in [-0.25, -0.2) is 0 Å². The van der Waals surface area contributed by atoms with Crippen molar-refractivity contribution in [3.8, 4) is 0 Å². The van der Waals surface area contributed by atoms with Crippen LogP contribution in [0.3, 0.4) is 0 Å². The molecule has 1 aliphatic rings. The number of methoxy groups -OCH3 is 1. The van der Waals surface area contributed by atoms with Gasteiger partial charge in [0.05, 0.1) is 19.3 Å². The molecule has 1 saturated heterocycles. The second kappa shape index (κ2) is 10.5. The molecule has 7 heteroatoms. The van der Waals surface area contributed by atoms with Crippen LogP contribution in [0.2, 0.25) is 5.02 Å². The molecule has 1 heterocycles. The first-order valence-electron chi connectivity index (χ1n) is 8.26. The number of nitrogens with zero attached hydrogens (tertiary/aromatic N) is 2. The number of hydrogen-bond acceptors (Lipinski definition) is 4. The summed E-state index contributed by atoms with van der Waals surface area (Å²) in [5.74, 6) is 0.771. The molecule has 0 radical (unpaired) electrons. The zero-order chi connectivity index (χ0) is 17.2. The summed E-state index contributed by atoms with van der Waals surface area (Å²) in [7, 11) is 3.47. The summed E-state index contributed by atoms with van der Waals surface area (Å²) in [5, 5.41) is 7.35. The number of morpholine rings is 1. The maximum Gasteiger partial charge on any atom is 0.191 e. The molecule has 1 aromatic rings. The van der Waals surface area contributed by atoms with E-state index in [9.17, 15) is 0 Å². The van der Waals surface area contributed by atoms with Gasteiger partial charge in [-0.1, -0.05) is 23.7 Å². The zero-order valence-electron chi connectivity index (χ0n) is 14.4.